The average Bonchev–Trinajstić information content (AvgIpc) is 3.00. The Morgan fingerprint density at radius 2 is 2.04 bits per heavy atom. The van der Waals surface area contributed by atoms with E-state index in [4.69, 9.17) is 4.74 Å². The summed E-state index contributed by atoms with van der Waals surface area (Å²) in [5.41, 5.74) is 1.43. The molecule has 0 aliphatic rings. The molecule has 2 heterocycles. The summed E-state index contributed by atoms with van der Waals surface area (Å²) < 4.78 is 6.35. The van der Waals surface area contributed by atoms with E-state index < -0.39 is 11.5 Å². The first-order valence-electron chi connectivity index (χ1n) is 8.07. The van der Waals surface area contributed by atoms with Gasteiger partial charge >= 0.3 is 5.97 Å². The van der Waals surface area contributed by atoms with Crippen molar-refractivity contribution >= 4 is 11.7 Å². The van der Waals surface area contributed by atoms with Gasteiger partial charge in [-0.3, -0.25) is 9.69 Å². The van der Waals surface area contributed by atoms with Crippen LogP contribution < -0.4 is 5.56 Å². The van der Waals surface area contributed by atoms with Crippen molar-refractivity contribution in [1.82, 2.24) is 19.3 Å². The lowest BCUT2D eigenvalue weighted by atomic mass is 10.2. The SMILES string of the molecule is CCOC(=O)c1cnc2[nH]cc(CN(C)Cc3ccccc3)n2c1=O. The van der Waals surface area contributed by atoms with Crippen LogP contribution in [-0.2, 0) is 17.8 Å². The minimum atomic E-state index is -0.654. The van der Waals surface area contributed by atoms with Gasteiger partial charge in [0.2, 0.25) is 5.78 Å². The van der Waals surface area contributed by atoms with E-state index in [1.165, 1.54) is 16.2 Å². The Kier molecular flexibility index (Phi) is 4.95. The molecule has 0 saturated heterocycles. The van der Waals surface area contributed by atoms with Crippen molar-refractivity contribution in [3.63, 3.8) is 0 Å². The molecule has 7 heteroatoms. The summed E-state index contributed by atoms with van der Waals surface area (Å²) in [5, 5.41) is 0. The maximum absolute atomic E-state index is 12.7. The highest BCUT2D eigenvalue weighted by Crippen LogP contribution is 2.09. The van der Waals surface area contributed by atoms with Crippen LogP contribution in [-0.4, -0.2) is 38.9 Å². The van der Waals surface area contributed by atoms with Crippen molar-refractivity contribution in [3.8, 4) is 0 Å². The van der Waals surface area contributed by atoms with Crippen molar-refractivity contribution in [3.05, 3.63) is 69.9 Å². The molecule has 0 amide bonds. The number of rotatable bonds is 6. The molecule has 2 aromatic heterocycles. The summed E-state index contributed by atoms with van der Waals surface area (Å²) in [4.78, 5) is 33.8. The topological polar surface area (TPSA) is 79.7 Å². The van der Waals surface area contributed by atoms with Crippen molar-refractivity contribution in [2.45, 2.75) is 20.0 Å². The summed E-state index contributed by atoms with van der Waals surface area (Å²) >= 11 is 0. The van der Waals surface area contributed by atoms with Gasteiger partial charge in [0, 0.05) is 19.3 Å². The third-order valence-electron chi connectivity index (χ3n) is 3.84. The standard InChI is InChI=1S/C18H20N4O3/c1-3-25-17(24)15-10-20-18-19-9-14(22(18)16(15)23)12-21(2)11-13-7-5-4-6-8-13/h4-10H,3,11-12H2,1-2H3,(H,19,20). The normalized spacial score (nSPS) is 11.2. The third-order valence-corrected chi connectivity index (χ3v) is 3.84. The Labute approximate surface area is 144 Å². The highest BCUT2D eigenvalue weighted by atomic mass is 16.5. The Hall–Kier alpha value is -2.93. The number of H-pyrrole nitrogens is 1. The molecular formula is C18H20N4O3. The summed E-state index contributed by atoms with van der Waals surface area (Å²) in [6.45, 7) is 3.18. The monoisotopic (exact) mass is 340 g/mol. The predicted octanol–water partition coefficient (Wildman–Crippen LogP) is 1.83. The molecule has 3 rings (SSSR count). The molecule has 0 spiro atoms. The van der Waals surface area contributed by atoms with Crippen LogP contribution in [0.2, 0.25) is 0 Å². The second kappa shape index (κ2) is 7.31. The number of benzene rings is 1. The first-order chi connectivity index (χ1) is 12.1. The number of carbonyl (C=O) groups excluding carboxylic acids is 1. The molecule has 25 heavy (non-hydrogen) atoms. The minimum absolute atomic E-state index is 0.0640. The summed E-state index contributed by atoms with van der Waals surface area (Å²) in [6, 6.07) is 10.1. The van der Waals surface area contributed by atoms with E-state index in [1.807, 2.05) is 25.2 Å². The first kappa shape index (κ1) is 16.9. The smallest absolute Gasteiger partial charge is 0.345 e. The first-order valence-corrected chi connectivity index (χ1v) is 8.07. The largest absolute Gasteiger partial charge is 0.462 e. The molecule has 0 fully saturated rings. The van der Waals surface area contributed by atoms with Crippen LogP contribution in [0.15, 0.2) is 47.5 Å². The number of esters is 1. The predicted molar refractivity (Wildman–Crippen MR) is 93.4 cm³/mol. The quantitative estimate of drug-likeness (QED) is 0.693. The van der Waals surface area contributed by atoms with Crippen LogP contribution in [0.3, 0.4) is 0 Å². The molecule has 0 radical (unpaired) electrons. The Balaban J connectivity index is 1.88. The third kappa shape index (κ3) is 3.61. The second-order valence-corrected chi connectivity index (χ2v) is 5.79. The maximum atomic E-state index is 12.7. The van der Waals surface area contributed by atoms with Crippen LogP contribution in [0.25, 0.3) is 5.78 Å². The van der Waals surface area contributed by atoms with Crippen molar-refractivity contribution in [1.29, 1.82) is 0 Å². The van der Waals surface area contributed by atoms with Crippen LogP contribution in [0.4, 0.5) is 0 Å². The van der Waals surface area contributed by atoms with Gasteiger partial charge in [-0.25, -0.2) is 14.2 Å². The van der Waals surface area contributed by atoms with Gasteiger partial charge in [0.15, 0.2) is 0 Å². The van der Waals surface area contributed by atoms with Gasteiger partial charge < -0.3 is 9.72 Å². The number of hydrogen-bond donors (Lipinski definition) is 1. The van der Waals surface area contributed by atoms with Gasteiger partial charge in [-0.2, -0.15) is 0 Å². The van der Waals surface area contributed by atoms with Gasteiger partial charge in [0.1, 0.15) is 5.56 Å². The molecule has 0 aliphatic carbocycles. The van der Waals surface area contributed by atoms with E-state index in [1.54, 1.807) is 13.1 Å². The van der Waals surface area contributed by atoms with E-state index in [0.29, 0.717) is 12.3 Å². The van der Waals surface area contributed by atoms with Gasteiger partial charge in [0.05, 0.1) is 18.5 Å². The number of nitrogens with zero attached hydrogens (tertiary/aromatic N) is 3. The lowest BCUT2D eigenvalue weighted by molar-refractivity contribution is 0.0523. The van der Waals surface area contributed by atoms with E-state index in [2.05, 4.69) is 27.0 Å². The molecule has 3 aromatic rings. The number of aromatic amines is 1. The van der Waals surface area contributed by atoms with E-state index in [-0.39, 0.29) is 12.2 Å². The number of nitrogens with one attached hydrogen (secondary N) is 1. The second-order valence-electron chi connectivity index (χ2n) is 5.79. The van der Waals surface area contributed by atoms with Crippen molar-refractivity contribution in [2.75, 3.05) is 13.7 Å². The number of hydrogen-bond acceptors (Lipinski definition) is 5. The lowest BCUT2D eigenvalue weighted by Gasteiger charge is -2.16. The minimum Gasteiger partial charge on any atom is -0.462 e. The fourth-order valence-corrected chi connectivity index (χ4v) is 2.73. The molecule has 1 N–H and O–H groups in total. The van der Waals surface area contributed by atoms with Gasteiger partial charge in [-0.1, -0.05) is 30.3 Å². The number of aromatic nitrogens is 3. The van der Waals surface area contributed by atoms with Crippen LogP contribution >= 0.6 is 0 Å². The zero-order valence-electron chi connectivity index (χ0n) is 14.2. The fourth-order valence-electron chi connectivity index (χ4n) is 2.73. The van der Waals surface area contributed by atoms with Gasteiger partial charge in [0.25, 0.3) is 5.56 Å². The zero-order chi connectivity index (χ0) is 17.8. The van der Waals surface area contributed by atoms with E-state index >= 15 is 0 Å². The summed E-state index contributed by atoms with van der Waals surface area (Å²) in [7, 11) is 1.97. The molecule has 0 saturated carbocycles. The van der Waals surface area contributed by atoms with Crippen LogP contribution in [0.1, 0.15) is 28.5 Å². The highest BCUT2D eigenvalue weighted by Gasteiger charge is 2.17. The molecule has 0 unspecified atom stereocenters. The van der Waals surface area contributed by atoms with E-state index in [9.17, 15) is 9.59 Å². The molecule has 130 valence electrons. The molecule has 7 nitrogen and oxygen atoms in total. The molecule has 1 aromatic carbocycles. The lowest BCUT2D eigenvalue weighted by Crippen LogP contribution is -2.27. The Bertz CT molecular complexity index is 930. The summed E-state index contributed by atoms with van der Waals surface area (Å²) in [5.74, 6) is -0.250. The number of carbonyl (C=O) groups is 1. The number of fused-ring (bicyclic) bond motifs is 1. The number of imidazole rings is 1. The average molecular weight is 340 g/mol. The maximum Gasteiger partial charge on any atom is 0.345 e. The molecule has 0 aliphatic heterocycles. The van der Waals surface area contributed by atoms with Crippen LogP contribution in [0.5, 0.6) is 0 Å². The van der Waals surface area contributed by atoms with Gasteiger partial charge in [-0.05, 0) is 19.5 Å². The Morgan fingerprint density at radius 3 is 2.76 bits per heavy atom. The molecule has 0 bridgehead atoms. The molecule has 0 atom stereocenters. The van der Waals surface area contributed by atoms with E-state index in [0.717, 1.165) is 12.2 Å². The highest BCUT2D eigenvalue weighted by molar-refractivity contribution is 5.88. The van der Waals surface area contributed by atoms with Crippen LogP contribution in [0, 0.1) is 0 Å². The van der Waals surface area contributed by atoms with Gasteiger partial charge in [-0.15, -0.1) is 0 Å². The Morgan fingerprint density at radius 1 is 1.28 bits per heavy atom. The summed E-state index contributed by atoms with van der Waals surface area (Å²) in [6.07, 6.45) is 2.99. The number of ether oxygens (including phenoxy) is 1. The molecular weight excluding hydrogens is 320 g/mol. The van der Waals surface area contributed by atoms with Crippen molar-refractivity contribution in [2.24, 2.45) is 0 Å². The fraction of sp³-hybridized carbons (Fsp3) is 0.278. The van der Waals surface area contributed by atoms with Crippen molar-refractivity contribution < 1.29 is 9.53 Å². The zero-order valence-corrected chi connectivity index (χ0v) is 14.2.